The van der Waals surface area contributed by atoms with E-state index in [4.69, 9.17) is 14.2 Å². The van der Waals surface area contributed by atoms with Crippen LogP contribution in [-0.2, 0) is 39.8 Å². The number of benzene rings is 4. The Labute approximate surface area is 357 Å². The molecule has 0 unspecified atom stereocenters. The molecule has 0 bridgehead atoms. The maximum atomic E-state index is 13.7. The zero-order valence-electron chi connectivity index (χ0n) is 35.4. The predicted octanol–water partition coefficient (Wildman–Crippen LogP) is 8.40. The molecule has 1 aliphatic carbocycles. The van der Waals surface area contributed by atoms with Gasteiger partial charge in [-0.25, -0.2) is 9.59 Å². The molecule has 4 aromatic rings. The Bertz CT molecular complexity index is 2200. The molecule has 0 aromatic heterocycles. The molecule has 0 saturated carbocycles. The van der Waals surface area contributed by atoms with Gasteiger partial charge in [-0.15, -0.1) is 0 Å². The van der Waals surface area contributed by atoms with Gasteiger partial charge in [-0.2, -0.15) is 0 Å². The van der Waals surface area contributed by atoms with Gasteiger partial charge in [-0.1, -0.05) is 130 Å². The molecule has 4 aromatic carbocycles. The number of cyclic esters (lactones) is 2. The fraction of sp³-hybridized carbons (Fsp3) is 0.340. The SMILES string of the molecule is CC(C)C[C@@H]1OC(=O)C(C)(C)CNC(=O)[C@@H](Cc2ccc(NC(=O)OCC3c4ccccc4-c4ccccc43)cc2)NC(=O)/C=C/C[C@@H]([C@H](C)/C=C/c2ccccc2)OC1=O. The Kier molecular flexibility index (Phi) is 14.6. The second-order valence-electron chi connectivity index (χ2n) is 16.8. The molecule has 1 aliphatic heterocycles. The van der Waals surface area contributed by atoms with E-state index >= 15 is 0 Å². The van der Waals surface area contributed by atoms with E-state index in [-0.39, 0.29) is 50.2 Å². The maximum Gasteiger partial charge on any atom is 0.411 e. The third kappa shape index (κ3) is 11.8. The molecular formula is C50H55N3O8. The Morgan fingerprint density at radius 2 is 1.49 bits per heavy atom. The molecule has 0 spiro atoms. The van der Waals surface area contributed by atoms with Gasteiger partial charge < -0.3 is 24.8 Å². The zero-order valence-corrected chi connectivity index (χ0v) is 35.4. The first kappa shape index (κ1) is 44.1. The first-order valence-electron chi connectivity index (χ1n) is 20.9. The van der Waals surface area contributed by atoms with Crippen LogP contribution in [0.3, 0.4) is 0 Å². The summed E-state index contributed by atoms with van der Waals surface area (Å²) in [6, 6.07) is 31.9. The molecule has 0 fully saturated rings. The molecule has 6 rings (SSSR count). The number of hydrogen-bond donors (Lipinski definition) is 3. The summed E-state index contributed by atoms with van der Waals surface area (Å²) in [4.78, 5) is 67.2. The van der Waals surface area contributed by atoms with Gasteiger partial charge in [-0.05, 0) is 77.8 Å². The molecule has 1 heterocycles. The van der Waals surface area contributed by atoms with Crippen molar-refractivity contribution < 1.29 is 38.2 Å². The van der Waals surface area contributed by atoms with E-state index < -0.39 is 53.5 Å². The van der Waals surface area contributed by atoms with Crippen molar-refractivity contribution in [3.8, 4) is 11.1 Å². The van der Waals surface area contributed by atoms with E-state index in [0.29, 0.717) is 11.3 Å². The molecule has 0 radical (unpaired) electrons. The van der Waals surface area contributed by atoms with Gasteiger partial charge in [0.1, 0.15) is 18.8 Å². The Morgan fingerprint density at radius 3 is 2.15 bits per heavy atom. The molecule has 3 N–H and O–H groups in total. The fourth-order valence-corrected chi connectivity index (χ4v) is 7.41. The van der Waals surface area contributed by atoms with Crippen molar-refractivity contribution in [3.05, 3.63) is 144 Å². The first-order chi connectivity index (χ1) is 29.3. The molecule has 11 nitrogen and oxygen atoms in total. The molecule has 4 atom stereocenters. The molecule has 2 aliphatic rings. The van der Waals surface area contributed by atoms with E-state index in [1.165, 1.54) is 6.08 Å². The van der Waals surface area contributed by atoms with Crippen molar-refractivity contribution in [3.63, 3.8) is 0 Å². The minimum Gasteiger partial charge on any atom is -0.459 e. The number of amides is 3. The summed E-state index contributed by atoms with van der Waals surface area (Å²) in [6.07, 6.45) is 4.90. The number of esters is 2. The summed E-state index contributed by atoms with van der Waals surface area (Å²) in [5.41, 5.74) is 5.46. The third-order valence-corrected chi connectivity index (χ3v) is 11.0. The van der Waals surface area contributed by atoms with Gasteiger partial charge in [0.2, 0.25) is 11.8 Å². The maximum absolute atomic E-state index is 13.7. The first-order valence-corrected chi connectivity index (χ1v) is 20.9. The van der Waals surface area contributed by atoms with E-state index in [1.54, 1.807) is 44.2 Å². The van der Waals surface area contributed by atoms with Gasteiger partial charge in [0.15, 0.2) is 6.10 Å². The molecule has 318 valence electrons. The Morgan fingerprint density at radius 1 is 0.852 bits per heavy atom. The summed E-state index contributed by atoms with van der Waals surface area (Å²) in [5.74, 6) is -2.71. The van der Waals surface area contributed by atoms with Crippen molar-refractivity contribution in [1.82, 2.24) is 10.6 Å². The zero-order chi connectivity index (χ0) is 43.5. The van der Waals surface area contributed by atoms with Crippen molar-refractivity contribution >= 4 is 41.6 Å². The summed E-state index contributed by atoms with van der Waals surface area (Å²) in [5, 5.41) is 8.39. The van der Waals surface area contributed by atoms with Gasteiger partial charge >= 0.3 is 18.0 Å². The summed E-state index contributed by atoms with van der Waals surface area (Å²) < 4.78 is 17.5. The fourth-order valence-electron chi connectivity index (χ4n) is 7.41. The minimum absolute atomic E-state index is 0.00901. The van der Waals surface area contributed by atoms with E-state index in [9.17, 15) is 24.0 Å². The number of anilines is 1. The summed E-state index contributed by atoms with van der Waals surface area (Å²) in [7, 11) is 0. The number of carbonyl (C=O) groups excluding carboxylic acids is 5. The third-order valence-electron chi connectivity index (χ3n) is 11.0. The second kappa shape index (κ2) is 20.2. The quantitative estimate of drug-likeness (QED) is 0.107. The lowest BCUT2D eigenvalue weighted by Gasteiger charge is -2.29. The van der Waals surface area contributed by atoms with Gasteiger partial charge in [0.05, 0.1) is 5.41 Å². The number of rotatable bonds is 10. The van der Waals surface area contributed by atoms with Crippen LogP contribution in [0.1, 0.15) is 75.6 Å². The molecule has 61 heavy (non-hydrogen) atoms. The van der Waals surface area contributed by atoms with Crippen LogP contribution in [0.2, 0.25) is 0 Å². The highest BCUT2D eigenvalue weighted by Gasteiger charge is 2.37. The van der Waals surface area contributed by atoms with Crippen LogP contribution in [0.15, 0.2) is 121 Å². The minimum atomic E-state index is -1.23. The largest absolute Gasteiger partial charge is 0.459 e. The van der Waals surface area contributed by atoms with Crippen LogP contribution in [0, 0.1) is 17.3 Å². The van der Waals surface area contributed by atoms with Crippen LogP contribution in [-0.4, -0.2) is 61.2 Å². The lowest BCUT2D eigenvalue weighted by Crippen LogP contribution is -2.51. The molecule has 11 heteroatoms. The molecule has 3 amide bonds. The highest BCUT2D eigenvalue weighted by Crippen LogP contribution is 2.44. The summed E-state index contributed by atoms with van der Waals surface area (Å²) >= 11 is 0. The highest BCUT2D eigenvalue weighted by molar-refractivity contribution is 5.93. The number of nitrogens with one attached hydrogen (secondary N) is 3. The van der Waals surface area contributed by atoms with Crippen molar-refractivity contribution in [1.29, 1.82) is 0 Å². The molecular weight excluding hydrogens is 771 g/mol. The number of ether oxygens (including phenoxy) is 3. The van der Waals surface area contributed by atoms with Crippen LogP contribution in [0.25, 0.3) is 17.2 Å². The highest BCUT2D eigenvalue weighted by atomic mass is 16.6. The second-order valence-corrected chi connectivity index (χ2v) is 16.8. The Balaban J connectivity index is 1.14. The van der Waals surface area contributed by atoms with Gasteiger partial charge in [0.25, 0.3) is 0 Å². The topological polar surface area (TPSA) is 149 Å². The van der Waals surface area contributed by atoms with Gasteiger partial charge in [0, 0.05) is 36.9 Å². The Hall–Kier alpha value is -6.49. The van der Waals surface area contributed by atoms with Crippen molar-refractivity contribution in [2.24, 2.45) is 17.3 Å². The number of fused-ring (bicyclic) bond motifs is 3. The lowest BCUT2D eigenvalue weighted by molar-refractivity contribution is -0.178. The average Bonchev–Trinajstić information content (AvgIpc) is 3.57. The summed E-state index contributed by atoms with van der Waals surface area (Å²) in [6.45, 7) is 9.04. The smallest absolute Gasteiger partial charge is 0.411 e. The molecule has 0 saturated heterocycles. The van der Waals surface area contributed by atoms with Crippen LogP contribution in [0.4, 0.5) is 10.5 Å². The van der Waals surface area contributed by atoms with E-state index in [2.05, 4.69) is 40.2 Å². The van der Waals surface area contributed by atoms with Crippen LogP contribution < -0.4 is 16.0 Å². The monoisotopic (exact) mass is 825 g/mol. The standard InChI is InChI=1S/C50H55N3O8/c1-32(2)28-44-47(56)60-43(33(3)22-23-34-14-7-6-8-15-34)20-13-21-45(54)53-42(46(55)51-31-50(4,5)48(57)61-44)29-35-24-26-36(27-25-35)52-49(58)59-30-41-39-18-11-9-16-37(39)38-17-10-12-19-40(38)41/h6-19,21-27,32-33,41-44H,20,28-31H2,1-5H3,(H,51,55)(H,52,58)(H,53,54)/b21-13+,23-22+/t33-,42-,43+,44+/m1/s1. The predicted molar refractivity (Wildman–Crippen MR) is 235 cm³/mol. The van der Waals surface area contributed by atoms with Crippen LogP contribution in [0.5, 0.6) is 0 Å². The number of hydrogen-bond acceptors (Lipinski definition) is 8. The van der Waals surface area contributed by atoms with Crippen LogP contribution >= 0.6 is 0 Å². The van der Waals surface area contributed by atoms with Crippen molar-refractivity contribution in [2.45, 2.75) is 78.0 Å². The van der Waals surface area contributed by atoms with Gasteiger partial charge in [-0.3, -0.25) is 19.7 Å². The van der Waals surface area contributed by atoms with E-state index in [0.717, 1.165) is 27.8 Å². The van der Waals surface area contributed by atoms with Crippen molar-refractivity contribution in [2.75, 3.05) is 18.5 Å². The lowest BCUT2D eigenvalue weighted by atomic mass is 9.93. The van der Waals surface area contributed by atoms with E-state index in [1.807, 2.05) is 87.5 Å². The number of carbonyl (C=O) groups is 5. The average molecular weight is 826 g/mol. The normalized spacial score (nSPS) is 20.7.